The number of carbonyl (C=O) groups excluding carboxylic acids is 3. The maximum Gasteiger partial charge on any atom is 0.325 e. The molecule has 2 aromatic carbocycles. The number of nitrogens with one attached hydrogen (secondary N) is 2. The normalized spacial score (nSPS) is 19.3. The van der Waals surface area contributed by atoms with E-state index in [2.05, 4.69) is 10.3 Å². The zero-order valence-electron chi connectivity index (χ0n) is 14.8. The predicted molar refractivity (Wildman–Crippen MR) is 102 cm³/mol. The zero-order chi connectivity index (χ0) is 20.1. The number of urea groups is 1. The van der Waals surface area contributed by atoms with Gasteiger partial charge in [-0.3, -0.25) is 14.5 Å². The number of H-pyrrole nitrogens is 1. The van der Waals surface area contributed by atoms with Gasteiger partial charge in [0, 0.05) is 33.2 Å². The first-order valence-corrected chi connectivity index (χ1v) is 8.88. The number of fused-ring (bicyclic) bond motifs is 1. The van der Waals surface area contributed by atoms with E-state index in [1.54, 1.807) is 18.3 Å². The highest BCUT2D eigenvalue weighted by Gasteiger charge is 2.50. The van der Waals surface area contributed by atoms with Crippen LogP contribution in [-0.4, -0.2) is 34.2 Å². The van der Waals surface area contributed by atoms with Gasteiger partial charge in [0.2, 0.25) is 0 Å². The van der Waals surface area contributed by atoms with Gasteiger partial charge in [-0.25, -0.2) is 9.18 Å². The quantitative estimate of drug-likeness (QED) is 0.519. The number of imide groups is 1. The number of aromatic nitrogens is 1. The summed E-state index contributed by atoms with van der Waals surface area (Å²) >= 11 is 6.08. The van der Waals surface area contributed by atoms with E-state index in [0.29, 0.717) is 10.9 Å². The molecule has 0 aliphatic carbocycles. The Morgan fingerprint density at radius 2 is 1.96 bits per heavy atom. The maximum atomic E-state index is 13.4. The van der Waals surface area contributed by atoms with Crippen molar-refractivity contribution >= 4 is 40.2 Å². The van der Waals surface area contributed by atoms with Crippen molar-refractivity contribution < 1.29 is 18.8 Å². The molecule has 2 heterocycles. The van der Waals surface area contributed by atoms with Crippen LogP contribution in [0, 0.1) is 5.82 Å². The summed E-state index contributed by atoms with van der Waals surface area (Å²) < 4.78 is 13.4. The Kier molecular flexibility index (Phi) is 4.19. The second-order valence-electron chi connectivity index (χ2n) is 6.74. The van der Waals surface area contributed by atoms with E-state index in [1.165, 1.54) is 13.0 Å². The number of Topliss-reactive ketones (excluding diaryl/α,β-unsaturated/α-hetero) is 1. The lowest BCUT2D eigenvalue weighted by Gasteiger charge is -2.23. The van der Waals surface area contributed by atoms with Gasteiger partial charge in [0.1, 0.15) is 11.4 Å². The molecule has 1 unspecified atom stereocenters. The van der Waals surface area contributed by atoms with E-state index in [9.17, 15) is 18.8 Å². The number of benzene rings is 2. The lowest BCUT2D eigenvalue weighted by atomic mass is 9.92. The average Bonchev–Trinajstić information content (AvgIpc) is 3.17. The number of hydrogen-bond acceptors (Lipinski definition) is 3. The summed E-state index contributed by atoms with van der Waals surface area (Å²) in [5.41, 5.74) is -0.0471. The number of rotatable bonds is 4. The van der Waals surface area contributed by atoms with Gasteiger partial charge in [-0.05, 0) is 25.1 Å². The Balaban J connectivity index is 1.63. The van der Waals surface area contributed by atoms with Crippen molar-refractivity contribution in [2.24, 2.45) is 0 Å². The molecule has 8 heteroatoms. The minimum absolute atomic E-state index is 0.0148. The Hall–Kier alpha value is -3.19. The topological polar surface area (TPSA) is 82.3 Å². The molecule has 1 saturated heterocycles. The molecular formula is C20H15ClFN3O3. The van der Waals surface area contributed by atoms with Crippen LogP contribution in [0.5, 0.6) is 0 Å². The first-order chi connectivity index (χ1) is 13.3. The molecule has 6 nitrogen and oxygen atoms in total. The number of para-hydroxylation sites is 1. The van der Waals surface area contributed by atoms with Gasteiger partial charge in [-0.1, -0.05) is 35.9 Å². The summed E-state index contributed by atoms with van der Waals surface area (Å²) in [5, 5.41) is 3.29. The van der Waals surface area contributed by atoms with E-state index in [1.807, 2.05) is 12.1 Å². The van der Waals surface area contributed by atoms with Crippen LogP contribution < -0.4 is 5.32 Å². The third-order valence-corrected chi connectivity index (χ3v) is 5.25. The third kappa shape index (κ3) is 2.75. The molecule has 0 radical (unpaired) electrons. The number of hydrogen-bond donors (Lipinski definition) is 2. The van der Waals surface area contributed by atoms with Crippen LogP contribution in [0.4, 0.5) is 9.18 Å². The molecule has 2 N–H and O–H groups in total. The number of ketones is 1. The van der Waals surface area contributed by atoms with Crippen LogP contribution in [-0.2, 0) is 10.3 Å². The highest BCUT2D eigenvalue weighted by Crippen LogP contribution is 2.34. The molecule has 3 aromatic rings. The van der Waals surface area contributed by atoms with Crippen LogP contribution in [0.1, 0.15) is 22.8 Å². The Labute approximate surface area is 164 Å². The molecule has 3 amide bonds. The van der Waals surface area contributed by atoms with Crippen molar-refractivity contribution in [2.45, 2.75) is 12.5 Å². The fourth-order valence-corrected chi connectivity index (χ4v) is 3.81. The van der Waals surface area contributed by atoms with E-state index >= 15 is 0 Å². The van der Waals surface area contributed by atoms with E-state index in [4.69, 9.17) is 11.6 Å². The second-order valence-corrected chi connectivity index (χ2v) is 7.15. The lowest BCUT2D eigenvalue weighted by molar-refractivity contribution is -0.130. The number of halogens is 2. The molecule has 1 fully saturated rings. The van der Waals surface area contributed by atoms with E-state index < -0.39 is 29.8 Å². The number of amides is 3. The average molecular weight is 400 g/mol. The van der Waals surface area contributed by atoms with Crippen molar-refractivity contribution in [2.75, 3.05) is 6.54 Å². The van der Waals surface area contributed by atoms with Crippen LogP contribution in [0.15, 0.2) is 48.7 Å². The van der Waals surface area contributed by atoms with Gasteiger partial charge < -0.3 is 10.3 Å². The van der Waals surface area contributed by atoms with E-state index in [-0.39, 0.29) is 16.4 Å². The molecule has 4 rings (SSSR count). The van der Waals surface area contributed by atoms with Crippen LogP contribution >= 0.6 is 11.6 Å². The van der Waals surface area contributed by atoms with Gasteiger partial charge in [0.05, 0.1) is 6.54 Å². The third-order valence-electron chi connectivity index (χ3n) is 4.94. The summed E-state index contributed by atoms with van der Waals surface area (Å²) in [6, 6.07) is 10.1. The smallest absolute Gasteiger partial charge is 0.325 e. The first kappa shape index (κ1) is 18.2. The standard InChI is InChI=1S/C20H15ClFN3O3/c1-20(14-7-6-11(22)8-15(14)21)18(27)25(19(28)24-20)10-17(26)13-9-23-16-5-3-2-4-12(13)16/h2-9,23H,10H2,1H3,(H,24,28). The maximum absolute atomic E-state index is 13.4. The molecule has 1 aromatic heterocycles. The first-order valence-electron chi connectivity index (χ1n) is 8.50. The minimum atomic E-state index is -1.48. The molecule has 1 atom stereocenters. The zero-order valence-corrected chi connectivity index (χ0v) is 15.5. The van der Waals surface area contributed by atoms with Crippen molar-refractivity contribution in [1.82, 2.24) is 15.2 Å². The number of carbonyl (C=O) groups is 3. The fraction of sp³-hybridized carbons (Fsp3) is 0.150. The van der Waals surface area contributed by atoms with Gasteiger partial charge in [0.15, 0.2) is 5.78 Å². The summed E-state index contributed by atoms with van der Waals surface area (Å²) in [4.78, 5) is 42.0. The van der Waals surface area contributed by atoms with Crippen LogP contribution in [0.3, 0.4) is 0 Å². The molecule has 1 aliphatic heterocycles. The summed E-state index contributed by atoms with van der Waals surface area (Å²) in [7, 11) is 0. The highest BCUT2D eigenvalue weighted by molar-refractivity contribution is 6.32. The monoisotopic (exact) mass is 399 g/mol. The van der Waals surface area contributed by atoms with Gasteiger partial charge >= 0.3 is 6.03 Å². The summed E-state index contributed by atoms with van der Waals surface area (Å²) in [6.07, 6.45) is 1.56. The van der Waals surface area contributed by atoms with Crippen LogP contribution in [0.25, 0.3) is 10.9 Å². The molecular weight excluding hydrogens is 385 g/mol. The fourth-order valence-electron chi connectivity index (χ4n) is 3.45. The summed E-state index contributed by atoms with van der Waals surface area (Å²) in [5.74, 6) is -1.56. The van der Waals surface area contributed by atoms with Crippen molar-refractivity contribution in [3.8, 4) is 0 Å². The Morgan fingerprint density at radius 3 is 2.71 bits per heavy atom. The molecule has 0 saturated carbocycles. The SMILES string of the molecule is CC1(c2ccc(F)cc2Cl)NC(=O)N(CC(=O)c2c[nH]c3ccccc23)C1=O. The lowest BCUT2D eigenvalue weighted by Crippen LogP contribution is -2.41. The molecule has 0 bridgehead atoms. The predicted octanol–water partition coefficient (Wildman–Crippen LogP) is 3.61. The molecule has 0 spiro atoms. The highest BCUT2D eigenvalue weighted by atomic mass is 35.5. The Bertz CT molecular complexity index is 1140. The van der Waals surface area contributed by atoms with Crippen molar-refractivity contribution in [1.29, 1.82) is 0 Å². The Morgan fingerprint density at radius 1 is 1.21 bits per heavy atom. The van der Waals surface area contributed by atoms with Gasteiger partial charge in [-0.15, -0.1) is 0 Å². The second kappa shape index (κ2) is 6.45. The van der Waals surface area contributed by atoms with E-state index in [0.717, 1.165) is 22.5 Å². The summed E-state index contributed by atoms with van der Waals surface area (Å²) in [6.45, 7) is 1.06. The van der Waals surface area contributed by atoms with Crippen molar-refractivity contribution in [3.63, 3.8) is 0 Å². The largest absolute Gasteiger partial charge is 0.360 e. The number of aromatic amines is 1. The number of nitrogens with zero attached hydrogens (tertiary/aromatic N) is 1. The van der Waals surface area contributed by atoms with Gasteiger partial charge in [0.25, 0.3) is 5.91 Å². The molecule has 1 aliphatic rings. The van der Waals surface area contributed by atoms with Crippen molar-refractivity contribution in [3.05, 3.63) is 70.6 Å². The van der Waals surface area contributed by atoms with Crippen LogP contribution in [0.2, 0.25) is 5.02 Å². The minimum Gasteiger partial charge on any atom is -0.360 e. The van der Waals surface area contributed by atoms with Gasteiger partial charge in [-0.2, -0.15) is 0 Å². The molecule has 28 heavy (non-hydrogen) atoms. The molecule has 142 valence electrons.